The molecule has 0 fully saturated rings. The third-order valence-corrected chi connectivity index (χ3v) is 2.41. The molecule has 16 heavy (non-hydrogen) atoms. The summed E-state index contributed by atoms with van der Waals surface area (Å²) in [6, 6.07) is 10.0. The van der Waals surface area contributed by atoms with Crippen molar-refractivity contribution in [2.24, 2.45) is 4.99 Å². The van der Waals surface area contributed by atoms with E-state index in [1.807, 2.05) is 48.9 Å². The summed E-state index contributed by atoms with van der Waals surface area (Å²) in [5.74, 6) is 0. The van der Waals surface area contributed by atoms with Crippen LogP contribution >= 0.6 is 0 Å². The number of nitrogens with one attached hydrogen (secondary N) is 2. The van der Waals surface area contributed by atoms with E-state index in [1.165, 1.54) is 0 Å². The summed E-state index contributed by atoms with van der Waals surface area (Å²) in [6.07, 6.45) is 5.69. The smallest absolute Gasteiger partial charge is 0.177 e. The van der Waals surface area contributed by atoms with Crippen LogP contribution in [0.25, 0.3) is 0 Å². The molecule has 1 aliphatic heterocycles. The maximum atomic E-state index is 4.42. The Labute approximate surface area is 111 Å². The molecule has 1 aromatic carbocycles. The zero-order valence-corrected chi connectivity index (χ0v) is 10.6. The van der Waals surface area contributed by atoms with Gasteiger partial charge in [-0.3, -0.25) is 4.99 Å². The molecule has 0 aliphatic carbocycles. The number of H-pyrrole nitrogens is 1. The maximum Gasteiger partial charge on any atom is 0.177 e. The van der Waals surface area contributed by atoms with Gasteiger partial charge in [-0.2, -0.15) is 0 Å². The normalized spacial score (nSPS) is 11.5. The summed E-state index contributed by atoms with van der Waals surface area (Å²) in [4.78, 5) is 7.46. The number of rotatable bonds is 0. The second-order valence-electron chi connectivity index (χ2n) is 3.41. The molecule has 0 amide bonds. The summed E-state index contributed by atoms with van der Waals surface area (Å²) < 4.78 is 0. The van der Waals surface area contributed by atoms with E-state index in [1.54, 1.807) is 0 Å². The van der Waals surface area contributed by atoms with Crippen LogP contribution in [0.1, 0.15) is 5.56 Å². The van der Waals surface area contributed by atoms with Gasteiger partial charge in [-0.05, 0) is 12.1 Å². The second-order valence-corrected chi connectivity index (χ2v) is 3.41. The minimum Gasteiger partial charge on any atom is -1.00 e. The van der Waals surface area contributed by atoms with Gasteiger partial charge in [0.05, 0.1) is 22.6 Å². The van der Waals surface area contributed by atoms with Crippen molar-refractivity contribution in [3.05, 3.63) is 48.3 Å². The fourth-order valence-electron chi connectivity index (χ4n) is 1.64. The molecule has 1 aromatic heterocycles. The number of halogens is 1. The summed E-state index contributed by atoms with van der Waals surface area (Å²) in [5.41, 5.74) is 4.14. The Morgan fingerprint density at radius 3 is 2.88 bits per heavy atom. The molecule has 2 heterocycles. The number of hydrogen-bond acceptors (Lipinski definition) is 2. The Hall–Kier alpha value is -1.43. The van der Waals surface area contributed by atoms with E-state index >= 15 is 0 Å². The number of aliphatic imine (C=N–C) groups is 1. The van der Waals surface area contributed by atoms with Crippen LogP contribution in [0.2, 0.25) is 0 Å². The monoisotopic (exact) mass is 323 g/mol. The summed E-state index contributed by atoms with van der Waals surface area (Å²) in [7, 11) is 0. The Bertz CT molecular complexity index is 490. The van der Waals surface area contributed by atoms with Gasteiger partial charge in [-0.25, -0.2) is 4.98 Å². The highest BCUT2D eigenvalue weighted by Crippen LogP contribution is 2.30. The van der Waals surface area contributed by atoms with E-state index in [-0.39, 0.29) is 24.0 Å². The minimum absolute atomic E-state index is 0. The van der Waals surface area contributed by atoms with Crippen molar-refractivity contribution in [3.63, 3.8) is 0 Å². The second kappa shape index (κ2) is 4.61. The molecule has 0 bridgehead atoms. The number of aromatic amines is 1. The van der Waals surface area contributed by atoms with E-state index in [0.29, 0.717) is 0 Å². The lowest BCUT2D eigenvalue weighted by Gasteiger charge is -2.05. The Morgan fingerprint density at radius 2 is 1.94 bits per heavy atom. The van der Waals surface area contributed by atoms with Gasteiger partial charge in [0.15, 0.2) is 12.4 Å². The van der Waals surface area contributed by atoms with Crippen molar-refractivity contribution >= 4 is 23.3 Å². The van der Waals surface area contributed by atoms with Crippen molar-refractivity contribution in [2.45, 2.75) is 0 Å². The predicted molar refractivity (Wildman–Crippen MR) is 60.0 cm³/mol. The molecule has 3 rings (SSSR count). The van der Waals surface area contributed by atoms with Gasteiger partial charge >= 0.3 is 0 Å². The molecule has 2 aromatic rings. The van der Waals surface area contributed by atoms with Crippen LogP contribution in [0, 0.1) is 0 Å². The molecule has 0 atom stereocenters. The first-order chi connectivity index (χ1) is 7.43. The molecule has 2 N–H and O–H groups in total. The van der Waals surface area contributed by atoms with Crippen LogP contribution in [0.4, 0.5) is 17.1 Å². The van der Waals surface area contributed by atoms with Gasteiger partial charge in [0.25, 0.3) is 0 Å². The molecule has 0 spiro atoms. The number of benzene rings is 1. The molecule has 4 heteroatoms. The number of para-hydroxylation sites is 2. The number of fused-ring (bicyclic) bond motifs is 2. The first kappa shape index (κ1) is 11.1. The number of pyridine rings is 1. The van der Waals surface area contributed by atoms with Crippen molar-refractivity contribution in [1.29, 1.82) is 0 Å². The number of nitrogens with zero attached hydrogens (tertiary/aromatic N) is 1. The highest BCUT2D eigenvalue weighted by atomic mass is 127. The van der Waals surface area contributed by atoms with Gasteiger partial charge in [-0.15, -0.1) is 0 Å². The number of aromatic nitrogens is 1. The molecule has 1 aliphatic rings. The SMILES string of the molecule is C1=Nc2ccccc2Nc2cc[nH+]cc21.[I-]. The standard InChI is InChI=1S/C12H9N3.HI/c1-2-4-12-11(3-1)14-8-9-7-13-6-5-10(9)15-12;/h1-8,15H;1H. The lowest BCUT2D eigenvalue weighted by molar-refractivity contribution is -0.377. The highest BCUT2D eigenvalue weighted by Gasteiger charge is 2.09. The Kier molecular flexibility index (Phi) is 3.19. The van der Waals surface area contributed by atoms with Crippen molar-refractivity contribution < 1.29 is 29.0 Å². The quantitative estimate of drug-likeness (QED) is 0.547. The van der Waals surface area contributed by atoms with Crippen molar-refractivity contribution in [3.8, 4) is 0 Å². The molecule has 0 saturated carbocycles. The van der Waals surface area contributed by atoms with Gasteiger partial charge in [0.2, 0.25) is 0 Å². The first-order valence-electron chi connectivity index (χ1n) is 4.84. The van der Waals surface area contributed by atoms with Crippen molar-refractivity contribution in [2.75, 3.05) is 5.32 Å². The zero-order valence-electron chi connectivity index (χ0n) is 8.44. The zero-order chi connectivity index (χ0) is 10.1. The topological polar surface area (TPSA) is 38.5 Å². The van der Waals surface area contributed by atoms with Crippen molar-refractivity contribution in [1.82, 2.24) is 0 Å². The summed E-state index contributed by atoms with van der Waals surface area (Å²) >= 11 is 0. The van der Waals surface area contributed by atoms with Gasteiger partial charge in [0, 0.05) is 12.3 Å². The lowest BCUT2D eigenvalue weighted by atomic mass is 10.2. The van der Waals surface area contributed by atoms with Crippen LogP contribution in [0.3, 0.4) is 0 Å². The molecular weight excluding hydrogens is 313 g/mol. The van der Waals surface area contributed by atoms with E-state index in [4.69, 9.17) is 0 Å². The molecular formula is C12H10IN3. The third-order valence-electron chi connectivity index (χ3n) is 2.41. The molecule has 3 nitrogen and oxygen atoms in total. The fraction of sp³-hybridized carbons (Fsp3) is 0. The molecule has 0 saturated heterocycles. The summed E-state index contributed by atoms with van der Waals surface area (Å²) in [5, 5.41) is 3.36. The highest BCUT2D eigenvalue weighted by molar-refractivity contribution is 5.94. The predicted octanol–water partition coefficient (Wildman–Crippen LogP) is -0.688. The molecule has 0 unspecified atom stereocenters. The molecule has 0 radical (unpaired) electrons. The van der Waals surface area contributed by atoms with E-state index in [0.717, 1.165) is 22.6 Å². The third kappa shape index (κ3) is 1.92. The lowest BCUT2D eigenvalue weighted by Crippen LogP contribution is -3.00. The Balaban J connectivity index is 0.000000963. The van der Waals surface area contributed by atoms with Gasteiger partial charge < -0.3 is 29.3 Å². The van der Waals surface area contributed by atoms with Gasteiger partial charge in [-0.1, -0.05) is 12.1 Å². The maximum absolute atomic E-state index is 4.42. The van der Waals surface area contributed by atoms with Crippen LogP contribution < -0.4 is 34.3 Å². The minimum atomic E-state index is 0. The first-order valence-corrected chi connectivity index (χ1v) is 4.84. The van der Waals surface area contributed by atoms with E-state index < -0.39 is 0 Å². The van der Waals surface area contributed by atoms with E-state index in [9.17, 15) is 0 Å². The van der Waals surface area contributed by atoms with Crippen LogP contribution in [0.15, 0.2) is 47.7 Å². The van der Waals surface area contributed by atoms with Crippen LogP contribution in [0.5, 0.6) is 0 Å². The summed E-state index contributed by atoms with van der Waals surface area (Å²) in [6.45, 7) is 0. The van der Waals surface area contributed by atoms with E-state index in [2.05, 4.69) is 15.3 Å². The van der Waals surface area contributed by atoms with Crippen LogP contribution in [-0.4, -0.2) is 6.21 Å². The average molecular weight is 323 g/mol. The Morgan fingerprint density at radius 1 is 1.06 bits per heavy atom. The molecule has 80 valence electrons. The van der Waals surface area contributed by atoms with Gasteiger partial charge in [0.1, 0.15) is 0 Å². The number of anilines is 2. The largest absolute Gasteiger partial charge is 1.00 e. The number of hydrogen-bond donors (Lipinski definition) is 1. The fourth-order valence-corrected chi connectivity index (χ4v) is 1.64. The average Bonchev–Trinajstić information content (AvgIpc) is 2.48. The van der Waals surface area contributed by atoms with Crippen LogP contribution in [-0.2, 0) is 0 Å².